The smallest absolute Gasteiger partial charge is 0.246 e. The number of sulfonamides is 1. The van der Waals surface area contributed by atoms with E-state index in [4.69, 9.17) is 0 Å². The first-order chi connectivity index (χ1) is 9.07. The van der Waals surface area contributed by atoms with Crippen molar-refractivity contribution in [3.05, 3.63) is 34.8 Å². The van der Waals surface area contributed by atoms with Crippen LogP contribution in [0.4, 0.5) is 0 Å². The fraction of sp³-hybridized carbons (Fsp3) is 0.417. The lowest BCUT2D eigenvalue weighted by atomic mass is 10.3. The van der Waals surface area contributed by atoms with Crippen LogP contribution in [0.2, 0.25) is 0 Å². The van der Waals surface area contributed by atoms with E-state index in [0.717, 1.165) is 18.4 Å². The van der Waals surface area contributed by atoms with Gasteiger partial charge in [0.15, 0.2) is 0 Å². The average Bonchev–Trinajstić information content (AvgIpc) is 2.88. The van der Waals surface area contributed by atoms with Crippen molar-refractivity contribution in [1.29, 1.82) is 0 Å². The summed E-state index contributed by atoms with van der Waals surface area (Å²) in [6.45, 7) is 0.450. The van der Waals surface area contributed by atoms with Crippen LogP contribution >= 0.6 is 11.3 Å². The molecular weight excluding hydrogens is 282 g/mol. The molecule has 1 aliphatic rings. The molecule has 0 radical (unpaired) electrons. The summed E-state index contributed by atoms with van der Waals surface area (Å²) in [5.41, 5.74) is 1.05. The summed E-state index contributed by atoms with van der Waals surface area (Å²) in [4.78, 5) is 0.275. The van der Waals surface area contributed by atoms with Gasteiger partial charge in [-0.2, -0.15) is 20.7 Å². The second-order valence-corrected chi connectivity index (χ2v) is 7.43. The van der Waals surface area contributed by atoms with Gasteiger partial charge in [0.2, 0.25) is 10.0 Å². The lowest BCUT2D eigenvalue weighted by Gasteiger charge is -2.20. The maximum Gasteiger partial charge on any atom is 0.246 e. The topological polar surface area (TPSA) is 55.2 Å². The van der Waals surface area contributed by atoms with Crippen LogP contribution in [-0.2, 0) is 23.6 Å². The van der Waals surface area contributed by atoms with Gasteiger partial charge in [-0.05, 0) is 35.2 Å². The normalized spacial score (nSPS) is 16.1. The van der Waals surface area contributed by atoms with Gasteiger partial charge in [-0.1, -0.05) is 0 Å². The predicted octanol–water partition coefficient (Wildman–Crippen LogP) is 1.83. The van der Waals surface area contributed by atoms with Crippen molar-refractivity contribution in [2.75, 3.05) is 0 Å². The molecule has 0 unspecified atom stereocenters. The van der Waals surface area contributed by atoms with E-state index in [-0.39, 0.29) is 10.9 Å². The Morgan fingerprint density at radius 3 is 2.84 bits per heavy atom. The van der Waals surface area contributed by atoms with Crippen molar-refractivity contribution in [3.8, 4) is 0 Å². The van der Waals surface area contributed by atoms with Crippen LogP contribution in [0.5, 0.6) is 0 Å². The number of nitrogens with zero attached hydrogens (tertiary/aromatic N) is 3. The first-order valence-corrected chi connectivity index (χ1v) is 8.47. The molecule has 0 aromatic carbocycles. The fourth-order valence-electron chi connectivity index (χ4n) is 2.00. The second-order valence-electron chi connectivity index (χ2n) is 4.76. The standard InChI is InChI=1S/C12H15N3O2S2/c1-14-8-12(6-13-14)19(16,17)15(11-2-3-11)7-10-4-5-18-9-10/h4-6,8-9,11H,2-3,7H2,1H3. The number of thiophene rings is 1. The third kappa shape index (κ3) is 2.58. The highest BCUT2D eigenvalue weighted by Crippen LogP contribution is 2.33. The van der Waals surface area contributed by atoms with E-state index in [1.165, 1.54) is 10.9 Å². The van der Waals surface area contributed by atoms with E-state index >= 15 is 0 Å². The number of aromatic nitrogens is 2. The van der Waals surface area contributed by atoms with E-state index in [0.29, 0.717) is 6.54 Å². The van der Waals surface area contributed by atoms with Crippen molar-refractivity contribution in [2.24, 2.45) is 7.05 Å². The molecule has 0 amide bonds. The minimum Gasteiger partial charge on any atom is -0.274 e. The van der Waals surface area contributed by atoms with Gasteiger partial charge in [-0.3, -0.25) is 4.68 Å². The van der Waals surface area contributed by atoms with Crippen LogP contribution in [0.25, 0.3) is 0 Å². The number of hydrogen-bond acceptors (Lipinski definition) is 4. The zero-order chi connectivity index (χ0) is 13.5. The SMILES string of the molecule is Cn1cc(S(=O)(=O)N(Cc2ccsc2)C2CC2)cn1. The molecule has 0 N–H and O–H groups in total. The number of rotatable bonds is 5. The van der Waals surface area contributed by atoms with E-state index in [1.54, 1.807) is 28.9 Å². The number of hydrogen-bond donors (Lipinski definition) is 0. The highest BCUT2D eigenvalue weighted by atomic mass is 32.2. The quantitative estimate of drug-likeness (QED) is 0.846. The molecular formula is C12H15N3O2S2. The Labute approximate surface area is 116 Å². The predicted molar refractivity (Wildman–Crippen MR) is 73.3 cm³/mol. The van der Waals surface area contributed by atoms with Crippen molar-refractivity contribution >= 4 is 21.4 Å². The lowest BCUT2D eigenvalue weighted by molar-refractivity contribution is 0.399. The summed E-state index contributed by atoms with van der Waals surface area (Å²) in [5.74, 6) is 0. The molecule has 3 rings (SSSR count). The molecule has 0 atom stereocenters. The van der Waals surface area contributed by atoms with Gasteiger partial charge in [0, 0.05) is 25.8 Å². The molecule has 5 nitrogen and oxygen atoms in total. The van der Waals surface area contributed by atoms with Crippen molar-refractivity contribution in [3.63, 3.8) is 0 Å². The van der Waals surface area contributed by atoms with Gasteiger partial charge in [0.05, 0.1) is 6.20 Å². The Kier molecular flexibility index (Phi) is 3.20. The molecule has 0 bridgehead atoms. The Morgan fingerprint density at radius 2 is 2.32 bits per heavy atom. The largest absolute Gasteiger partial charge is 0.274 e. The van der Waals surface area contributed by atoms with Crippen LogP contribution in [0.3, 0.4) is 0 Å². The number of aryl methyl sites for hydroxylation is 1. The Morgan fingerprint density at radius 1 is 1.53 bits per heavy atom. The molecule has 7 heteroatoms. The first-order valence-electron chi connectivity index (χ1n) is 6.09. The van der Waals surface area contributed by atoms with Gasteiger partial charge in [0.25, 0.3) is 0 Å². The maximum absolute atomic E-state index is 12.6. The Hall–Kier alpha value is -1.18. The molecule has 0 saturated heterocycles. The summed E-state index contributed by atoms with van der Waals surface area (Å²) in [7, 11) is -1.72. The fourth-order valence-corrected chi connectivity index (χ4v) is 4.32. The lowest BCUT2D eigenvalue weighted by Crippen LogP contribution is -2.32. The van der Waals surface area contributed by atoms with Crippen LogP contribution in [-0.4, -0.2) is 28.5 Å². The van der Waals surface area contributed by atoms with E-state index in [9.17, 15) is 8.42 Å². The van der Waals surface area contributed by atoms with Crippen molar-refractivity contribution in [1.82, 2.24) is 14.1 Å². The zero-order valence-electron chi connectivity index (χ0n) is 10.6. The Balaban J connectivity index is 1.91. The van der Waals surface area contributed by atoms with Gasteiger partial charge >= 0.3 is 0 Å². The molecule has 1 fully saturated rings. The van der Waals surface area contributed by atoms with Crippen LogP contribution in [0.1, 0.15) is 18.4 Å². The molecule has 2 heterocycles. The third-order valence-electron chi connectivity index (χ3n) is 3.16. The molecule has 19 heavy (non-hydrogen) atoms. The second kappa shape index (κ2) is 4.73. The van der Waals surface area contributed by atoms with Gasteiger partial charge in [-0.15, -0.1) is 0 Å². The van der Waals surface area contributed by atoms with Gasteiger partial charge < -0.3 is 0 Å². The van der Waals surface area contributed by atoms with E-state index < -0.39 is 10.0 Å². The van der Waals surface area contributed by atoms with Crippen molar-refractivity contribution < 1.29 is 8.42 Å². The third-order valence-corrected chi connectivity index (χ3v) is 5.74. The summed E-state index contributed by atoms with van der Waals surface area (Å²) >= 11 is 1.59. The molecule has 1 aliphatic carbocycles. The molecule has 2 aromatic rings. The minimum absolute atomic E-state index is 0.144. The van der Waals surface area contributed by atoms with Crippen LogP contribution in [0.15, 0.2) is 34.1 Å². The maximum atomic E-state index is 12.6. The highest BCUT2D eigenvalue weighted by Gasteiger charge is 2.38. The average molecular weight is 297 g/mol. The molecule has 0 spiro atoms. The Bertz CT molecular complexity index is 657. The van der Waals surface area contributed by atoms with Gasteiger partial charge in [-0.25, -0.2) is 8.42 Å². The molecule has 102 valence electrons. The minimum atomic E-state index is -3.44. The monoisotopic (exact) mass is 297 g/mol. The van der Waals surface area contributed by atoms with Crippen LogP contribution < -0.4 is 0 Å². The summed E-state index contributed by atoms with van der Waals surface area (Å²) in [5, 5.41) is 7.92. The van der Waals surface area contributed by atoms with E-state index in [1.807, 2.05) is 16.8 Å². The van der Waals surface area contributed by atoms with E-state index in [2.05, 4.69) is 5.10 Å². The molecule has 2 aromatic heterocycles. The molecule has 0 aliphatic heterocycles. The van der Waals surface area contributed by atoms with Gasteiger partial charge in [0.1, 0.15) is 4.90 Å². The first kappa shape index (κ1) is 12.8. The highest BCUT2D eigenvalue weighted by molar-refractivity contribution is 7.89. The molecule has 1 saturated carbocycles. The van der Waals surface area contributed by atoms with Crippen molar-refractivity contribution in [2.45, 2.75) is 30.3 Å². The zero-order valence-corrected chi connectivity index (χ0v) is 12.2. The summed E-state index contributed by atoms with van der Waals surface area (Å²) < 4.78 is 28.4. The summed E-state index contributed by atoms with van der Waals surface area (Å²) in [6, 6.07) is 2.11. The summed E-state index contributed by atoms with van der Waals surface area (Å²) in [6.07, 6.45) is 4.87. The van der Waals surface area contributed by atoms with Crippen LogP contribution in [0, 0.1) is 0 Å².